The molecule has 0 radical (unpaired) electrons. The van der Waals surface area contributed by atoms with Gasteiger partial charge in [-0.3, -0.25) is 0 Å². The summed E-state index contributed by atoms with van der Waals surface area (Å²) in [7, 11) is 1.36. The van der Waals surface area contributed by atoms with Crippen LogP contribution in [0.3, 0.4) is 0 Å². The first kappa shape index (κ1) is 6.06. The third-order valence-corrected chi connectivity index (χ3v) is 0.848. The molecule has 0 spiro atoms. The Balaban J connectivity index is 2.94. The minimum atomic E-state index is -2.59. The van der Waals surface area contributed by atoms with Gasteiger partial charge >= 0.3 is 0 Å². The third-order valence-electron chi connectivity index (χ3n) is 0.848. The van der Waals surface area contributed by atoms with Crippen molar-refractivity contribution < 1.29 is 8.78 Å². The van der Waals surface area contributed by atoms with Crippen molar-refractivity contribution in [2.75, 3.05) is 0 Å². The lowest BCUT2D eigenvalue weighted by molar-refractivity contribution is 0.135. The molecule has 0 aromatic carbocycles. The van der Waals surface area contributed by atoms with Crippen molar-refractivity contribution in [1.29, 1.82) is 0 Å². The van der Waals surface area contributed by atoms with E-state index in [1.807, 2.05) is 0 Å². The van der Waals surface area contributed by atoms with E-state index in [9.17, 15) is 8.78 Å². The molecular formula is C3H4F2N4. The molecule has 6 heteroatoms. The summed E-state index contributed by atoms with van der Waals surface area (Å²) >= 11 is 0. The fourth-order valence-corrected chi connectivity index (χ4v) is 0.421. The van der Waals surface area contributed by atoms with Gasteiger partial charge in [-0.15, -0.1) is 5.10 Å². The average Bonchev–Trinajstić information content (AvgIpc) is 2.13. The zero-order valence-corrected chi connectivity index (χ0v) is 4.62. The Morgan fingerprint density at radius 3 is 2.44 bits per heavy atom. The van der Waals surface area contributed by atoms with Crippen molar-refractivity contribution >= 4 is 0 Å². The zero-order valence-electron chi connectivity index (χ0n) is 4.62. The van der Waals surface area contributed by atoms with Gasteiger partial charge in [-0.1, -0.05) is 0 Å². The molecule has 0 aliphatic rings. The second-order valence-electron chi connectivity index (χ2n) is 1.46. The Morgan fingerprint density at radius 1 is 1.56 bits per heavy atom. The molecule has 9 heavy (non-hydrogen) atoms. The van der Waals surface area contributed by atoms with E-state index in [4.69, 9.17) is 0 Å². The van der Waals surface area contributed by atoms with Crippen LogP contribution in [0.5, 0.6) is 0 Å². The maximum absolute atomic E-state index is 11.7. The van der Waals surface area contributed by atoms with E-state index in [0.29, 0.717) is 0 Å². The Bertz CT molecular complexity index is 195. The Morgan fingerprint density at radius 2 is 2.22 bits per heavy atom. The molecule has 0 saturated heterocycles. The SMILES string of the molecule is Cn1nnnc1C(F)F. The highest BCUT2D eigenvalue weighted by Crippen LogP contribution is 2.12. The molecule has 0 amide bonds. The highest BCUT2D eigenvalue weighted by Gasteiger charge is 2.13. The average molecular weight is 134 g/mol. The highest BCUT2D eigenvalue weighted by atomic mass is 19.3. The van der Waals surface area contributed by atoms with Gasteiger partial charge in [-0.05, 0) is 10.4 Å². The van der Waals surface area contributed by atoms with Crippen molar-refractivity contribution in [1.82, 2.24) is 20.2 Å². The lowest BCUT2D eigenvalue weighted by Gasteiger charge is -1.92. The first-order chi connectivity index (χ1) is 4.22. The predicted molar refractivity (Wildman–Crippen MR) is 23.8 cm³/mol. The molecule has 0 N–H and O–H groups in total. The molecule has 0 fully saturated rings. The summed E-state index contributed by atoms with van der Waals surface area (Å²) in [4.78, 5) is 0. The van der Waals surface area contributed by atoms with E-state index in [1.165, 1.54) is 7.05 Å². The number of aromatic nitrogens is 4. The summed E-state index contributed by atoms with van der Waals surface area (Å²) in [5, 5.41) is 9.31. The number of hydrogen-bond acceptors (Lipinski definition) is 3. The van der Waals surface area contributed by atoms with E-state index in [-0.39, 0.29) is 0 Å². The number of nitrogens with zero attached hydrogens (tertiary/aromatic N) is 4. The van der Waals surface area contributed by atoms with Crippen molar-refractivity contribution in [3.8, 4) is 0 Å². The van der Waals surface area contributed by atoms with Gasteiger partial charge in [-0.2, -0.15) is 0 Å². The van der Waals surface area contributed by atoms with Crippen LogP contribution in [0.2, 0.25) is 0 Å². The number of tetrazole rings is 1. The van der Waals surface area contributed by atoms with Crippen LogP contribution in [0, 0.1) is 0 Å². The van der Waals surface area contributed by atoms with Gasteiger partial charge in [0.25, 0.3) is 6.43 Å². The van der Waals surface area contributed by atoms with Gasteiger partial charge in [0.2, 0.25) is 5.82 Å². The topological polar surface area (TPSA) is 43.6 Å². The molecule has 1 aromatic heterocycles. The molecular weight excluding hydrogens is 130 g/mol. The number of aryl methyl sites for hydroxylation is 1. The minimum Gasteiger partial charge on any atom is -0.228 e. The van der Waals surface area contributed by atoms with Crippen LogP contribution in [-0.4, -0.2) is 20.2 Å². The molecule has 4 nitrogen and oxygen atoms in total. The molecule has 0 atom stereocenters. The minimum absolute atomic E-state index is 0.407. The van der Waals surface area contributed by atoms with Crippen LogP contribution in [-0.2, 0) is 7.05 Å². The molecule has 0 saturated carbocycles. The predicted octanol–water partition coefficient (Wildman–Crippen LogP) is 0.148. The summed E-state index contributed by atoms with van der Waals surface area (Å²) in [6.45, 7) is 0. The molecule has 0 aliphatic carbocycles. The summed E-state index contributed by atoms with van der Waals surface area (Å²) in [6, 6.07) is 0. The van der Waals surface area contributed by atoms with Gasteiger partial charge in [-0.25, -0.2) is 13.5 Å². The number of alkyl halides is 2. The molecule has 1 heterocycles. The van der Waals surface area contributed by atoms with Crippen molar-refractivity contribution in [3.63, 3.8) is 0 Å². The van der Waals surface area contributed by atoms with E-state index in [2.05, 4.69) is 15.5 Å². The fourth-order valence-electron chi connectivity index (χ4n) is 0.421. The van der Waals surface area contributed by atoms with Gasteiger partial charge in [0.1, 0.15) is 0 Å². The van der Waals surface area contributed by atoms with Crippen LogP contribution in [0.25, 0.3) is 0 Å². The number of hydrogen-bond donors (Lipinski definition) is 0. The lowest BCUT2D eigenvalue weighted by Crippen LogP contribution is -1.98. The van der Waals surface area contributed by atoms with E-state index < -0.39 is 12.2 Å². The maximum Gasteiger partial charge on any atom is 0.298 e. The zero-order chi connectivity index (χ0) is 6.85. The molecule has 50 valence electrons. The van der Waals surface area contributed by atoms with E-state index in [0.717, 1.165) is 4.68 Å². The standard InChI is InChI=1S/C3H4F2N4/c1-9-3(2(4)5)6-7-8-9/h2H,1H3. The first-order valence-electron chi connectivity index (χ1n) is 2.22. The van der Waals surface area contributed by atoms with Gasteiger partial charge in [0.05, 0.1) is 0 Å². The molecule has 1 aromatic rings. The van der Waals surface area contributed by atoms with Gasteiger partial charge < -0.3 is 0 Å². The van der Waals surface area contributed by atoms with E-state index in [1.54, 1.807) is 0 Å². The van der Waals surface area contributed by atoms with Crippen molar-refractivity contribution in [3.05, 3.63) is 5.82 Å². The molecule has 0 bridgehead atoms. The summed E-state index contributed by atoms with van der Waals surface area (Å²) in [5.74, 6) is -0.407. The Kier molecular flexibility index (Phi) is 1.37. The molecule has 0 unspecified atom stereocenters. The van der Waals surface area contributed by atoms with Crippen LogP contribution < -0.4 is 0 Å². The smallest absolute Gasteiger partial charge is 0.228 e. The van der Waals surface area contributed by atoms with Crippen LogP contribution in [0.4, 0.5) is 8.78 Å². The third kappa shape index (κ3) is 1.01. The van der Waals surface area contributed by atoms with Gasteiger partial charge in [0, 0.05) is 7.05 Å². The first-order valence-corrected chi connectivity index (χ1v) is 2.22. The van der Waals surface area contributed by atoms with E-state index >= 15 is 0 Å². The molecule has 1 rings (SSSR count). The summed E-state index contributed by atoms with van der Waals surface area (Å²) < 4.78 is 24.3. The van der Waals surface area contributed by atoms with Crippen LogP contribution in [0.1, 0.15) is 12.2 Å². The lowest BCUT2D eigenvalue weighted by atomic mass is 10.6. The largest absolute Gasteiger partial charge is 0.298 e. The molecule has 0 aliphatic heterocycles. The van der Waals surface area contributed by atoms with Crippen molar-refractivity contribution in [2.45, 2.75) is 6.43 Å². The highest BCUT2D eigenvalue weighted by molar-refractivity contribution is 4.79. The van der Waals surface area contributed by atoms with Crippen LogP contribution >= 0.6 is 0 Å². The Hall–Kier alpha value is -1.07. The fraction of sp³-hybridized carbons (Fsp3) is 0.667. The van der Waals surface area contributed by atoms with Gasteiger partial charge in [0.15, 0.2) is 0 Å². The maximum atomic E-state index is 11.7. The number of rotatable bonds is 1. The Labute approximate surface area is 49.5 Å². The quantitative estimate of drug-likeness (QED) is 0.549. The monoisotopic (exact) mass is 134 g/mol. The normalized spacial score (nSPS) is 10.7. The second kappa shape index (κ2) is 2.04. The second-order valence-corrected chi connectivity index (χ2v) is 1.46. The number of halogens is 2. The summed E-state index contributed by atoms with van der Waals surface area (Å²) in [6.07, 6.45) is -2.59. The van der Waals surface area contributed by atoms with Crippen molar-refractivity contribution in [2.24, 2.45) is 7.05 Å². The summed E-state index contributed by atoms with van der Waals surface area (Å²) in [5.41, 5.74) is 0. The van der Waals surface area contributed by atoms with Crippen LogP contribution in [0.15, 0.2) is 0 Å².